The van der Waals surface area contributed by atoms with Gasteiger partial charge in [0.25, 0.3) is 0 Å². The summed E-state index contributed by atoms with van der Waals surface area (Å²) >= 11 is 0. The fourth-order valence-electron chi connectivity index (χ4n) is 1.87. The lowest BCUT2D eigenvalue weighted by molar-refractivity contribution is 0.415. The Morgan fingerprint density at radius 1 is 1.35 bits per heavy atom. The summed E-state index contributed by atoms with van der Waals surface area (Å²) in [5.41, 5.74) is 0.912. The zero-order chi connectivity index (χ0) is 16.5. The lowest BCUT2D eigenvalue weighted by atomic mass is 10.2. The Bertz CT molecular complexity index is 683. The molecule has 0 bridgehead atoms. The van der Waals surface area contributed by atoms with Gasteiger partial charge in [-0.2, -0.15) is 5.10 Å². The molecule has 0 aliphatic rings. The molecule has 0 unspecified atom stereocenters. The molecular formula is C16H20N6O. The van der Waals surface area contributed by atoms with E-state index in [1.807, 2.05) is 31.2 Å². The fraction of sp³-hybridized carbons (Fsp3) is 0.312. The molecule has 23 heavy (non-hydrogen) atoms. The molecule has 0 saturated heterocycles. The van der Waals surface area contributed by atoms with Crippen molar-refractivity contribution in [1.82, 2.24) is 25.8 Å². The van der Waals surface area contributed by atoms with E-state index >= 15 is 0 Å². The number of methoxy groups -OCH3 is 1. The van der Waals surface area contributed by atoms with Gasteiger partial charge in [0.15, 0.2) is 11.8 Å². The summed E-state index contributed by atoms with van der Waals surface area (Å²) in [5.74, 6) is 5.25. The van der Waals surface area contributed by atoms with Gasteiger partial charge in [0.2, 0.25) is 0 Å². The normalized spacial score (nSPS) is 10.9. The van der Waals surface area contributed by atoms with Crippen molar-refractivity contribution in [3.05, 3.63) is 30.1 Å². The van der Waals surface area contributed by atoms with Gasteiger partial charge in [0.1, 0.15) is 18.1 Å². The largest absolute Gasteiger partial charge is 0.497 e. The van der Waals surface area contributed by atoms with Crippen LogP contribution in [0, 0.1) is 12.3 Å². The maximum Gasteiger partial charge on any atom is 0.192 e. The number of nitrogens with zero attached hydrogens (tertiary/aromatic N) is 3. The van der Waals surface area contributed by atoms with Crippen LogP contribution >= 0.6 is 0 Å². The van der Waals surface area contributed by atoms with E-state index < -0.39 is 0 Å². The molecule has 1 aromatic carbocycles. The maximum absolute atomic E-state index is 5.24. The quantitative estimate of drug-likeness (QED) is 0.423. The minimum atomic E-state index is 0.378. The van der Waals surface area contributed by atoms with Gasteiger partial charge in [-0.25, -0.2) is 9.98 Å². The number of rotatable bonds is 6. The van der Waals surface area contributed by atoms with Crippen LogP contribution in [-0.2, 0) is 6.54 Å². The molecule has 1 aromatic heterocycles. The first-order valence-electron chi connectivity index (χ1n) is 7.28. The smallest absolute Gasteiger partial charge is 0.192 e. The topological polar surface area (TPSA) is 87.2 Å². The molecule has 7 nitrogen and oxygen atoms in total. The summed E-state index contributed by atoms with van der Waals surface area (Å²) in [4.78, 5) is 8.84. The first-order valence-corrected chi connectivity index (χ1v) is 7.28. The number of H-pyrrole nitrogens is 1. The third kappa shape index (κ3) is 4.74. The van der Waals surface area contributed by atoms with E-state index in [0.717, 1.165) is 17.9 Å². The zero-order valence-corrected chi connectivity index (χ0v) is 13.3. The van der Waals surface area contributed by atoms with E-state index in [4.69, 9.17) is 11.2 Å². The second-order valence-corrected chi connectivity index (χ2v) is 4.59. The van der Waals surface area contributed by atoms with E-state index in [-0.39, 0.29) is 0 Å². The number of guanidine groups is 1. The highest BCUT2D eigenvalue weighted by molar-refractivity contribution is 5.79. The van der Waals surface area contributed by atoms with Gasteiger partial charge in [-0.1, -0.05) is 5.92 Å². The number of aliphatic imine (C=N–C) groups is 1. The van der Waals surface area contributed by atoms with Crippen molar-refractivity contribution < 1.29 is 4.74 Å². The van der Waals surface area contributed by atoms with Gasteiger partial charge in [0.05, 0.1) is 13.7 Å². The average Bonchev–Trinajstić information content (AvgIpc) is 3.06. The summed E-state index contributed by atoms with van der Waals surface area (Å²) in [6, 6.07) is 7.56. The van der Waals surface area contributed by atoms with E-state index in [1.165, 1.54) is 0 Å². The van der Waals surface area contributed by atoms with Crippen molar-refractivity contribution in [3.63, 3.8) is 0 Å². The Hall–Kier alpha value is -3.01. The van der Waals surface area contributed by atoms with Crippen molar-refractivity contribution in [3.8, 4) is 29.5 Å². The van der Waals surface area contributed by atoms with Crippen LogP contribution in [0.15, 0.2) is 29.3 Å². The molecule has 0 radical (unpaired) electrons. The third-order valence-corrected chi connectivity index (χ3v) is 2.97. The van der Waals surface area contributed by atoms with Crippen LogP contribution in [0.2, 0.25) is 0 Å². The first kappa shape index (κ1) is 16.4. The van der Waals surface area contributed by atoms with Crippen LogP contribution in [0.4, 0.5) is 0 Å². The highest BCUT2D eigenvalue weighted by Gasteiger charge is 2.06. The first-order chi connectivity index (χ1) is 11.3. The van der Waals surface area contributed by atoms with Crippen molar-refractivity contribution in [2.45, 2.75) is 13.5 Å². The van der Waals surface area contributed by atoms with Gasteiger partial charge in [0, 0.05) is 12.1 Å². The minimum absolute atomic E-state index is 0.378. The Morgan fingerprint density at radius 3 is 2.78 bits per heavy atom. The Kier molecular flexibility index (Phi) is 6.00. The third-order valence-electron chi connectivity index (χ3n) is 2.97. The molecule has 0 aliphatic heterocycles. The second kappa shape index (κ2) is 8.44. The van der Waals surface area contributed by atoms with Gasteiger partial charge in [-0.3, -0.25) is 5.10 Å². The summed E-state index contributed by atoms with van der Waals surface area (Å²) in [5, 5.41) is 13.2. The Labute approximate surface area is 135 Å². The molecule has 0 saturated carbocycles. The van der Waals surface area contributed by atoms with Crippen LogP contribution in [-0.4, -0.2) is 41.3 Å². The van der Waals surface area contributed by atoms with Crippen molar-refractivity contribution >= 4 is 5.96 Å². The number of hydrogen-bond acceptors (Lipinski definition) is 4. The molecular weight excluding hydrogens is 292 g/mol. The van der Waals surface area contributed by atoms with Gasteiger partial charge >= 0.3 is 0 Å². The van der Waals surface area contributed by atoms with Crippen LogP contribution in [0.3, 0.4) is 0 Å². The lowest BCUT2D eigenvalue weighted by Gasteiger charge is -2.07. The predicted molar refractivity (Wildman–Crippen MR) is 90.0 cm³/mol. The average molecular weight is 312 g/mol. The number of ether oxygens (including phenoxy) is 1. The molecule has 0 aliphatic carbocycles. The molecule has 0 fully saturated rings. The molecule has 0 spiro atoms. The van der Waals surface area contributed by atoms with Crippen LogP contribution in [0.25, 0.3) is 11.4 Å². The van der Waals surface area contributed by atoms with E-state index in [0.29, 0.717) is 30.7 Å². The van der Waals surface area contributed by atoms with Crippen LogP contribution in [0.5, 0.6) is 5.75 Å². The van der Waals surface area contributed by atoms with Crippen molar-refractivity contribution in [1.29, 1.82) is 0 Å². The molecule has 2 aromatic rings. The summed E-state index contributed by atoms with van der Waals surface area (Å²) in [6.45, 7) is 3.54. The minimum Gasteiger partial charge on any atom is -0.497 e. The molecule has 3 N–H and O–H groups in total. The molecule has 120 valence electrons. The second-order valence-electron chi connectivity index (χ2n) is 4.59. The summed E-state index contributed by atoms with van der Waals surface area (Å²) < 4.78 is 5.14. The monoisotopic (exact) mass is 312 g/mol. The van der Waals surface area contributed by atoms with Crippen LogP contribution < -0.4 is 15.4 Å². The highest BCUT2D eigenvalue weighted by Crippen LogP contribution is 2.18. The highest BCUT2D eigenvalue weighted by atomic mass is 16.5. The molecule has 7 heteroatoms. The predicted octanol–water partition coefficient (Wildman–Crippen LogP) is 1.17. The van der Waals surface area contributed by atoms with Crippen molar-refractivity contribution in [2.24, 2.45) is 4.99 Å². The lowest BCUT2D eigenvalue weighted by Crippen LogP contribution is -2.37. The summed E-state index contributed by atoms with van der Waals surface area (Å²) in [6.07, 6.45) is 5.24. The Balaban J connectivity index is 2.04. The maximum atomic E-state index is 5.24. The fourth-order valence-corrected chi connectivity index (χ4v) is 1.87. The number of aromatic nitrogens is 3. The number of benzene rings is 1. The SMILES string of the molecule is C#CCNC(=NCc1nc(-c2ccc(OC)cc2)n[nH]1)NCC. The number of aromatic amines is 1. The number of hydrogen-bond donors (Lipinski definition) is 3. The van der Waals surface area contributed by atoms with Gasteiger partial charge < -0.3 is 15.4 Å². The van der Waals surface area contributed by atoms with Crippen molar-refractivity contribution in [2.75, 3.05) is 20.2 Å². The number of nitrogens with one attached hydrogen (secondary N) is 3. The molecule has 0 amide bonds. The van der Waals surface area contributed by atoms with E-state index in [9.17, 15) is 0 Å². The summed E-state index contributed by atoms with van der Waals surface area (Å²) in [7, 11) is 1.63. The van der Waals surface area contributed by atoms with E-state index in [1.54, 1.807) is 7.11 Å². The zero-order valence-electron chi connectivity index (χ0n) is 13.3. The van der Waals surface area contributed by atoms with Gasteiger partial charge in [-0.05, 0) is 31.2 Å². The van der Waals surface area contributed by atoms with Gasteiger partial charge in [-0.15, -0.1) is 6.42 Å². The molecule has 2 rings (SSSR count). The van der Waals surface area contributed by atoms with Crippen LogP contribution in [0.1, 0.15) is 12.7 Å². The standard InChI is InChI=1S/C16H20N6O/c1-4-10-18-16(17-5-2)19-11-14-20-15(22-21-14)12-6-8-13(23-3)9-7-12/h1,6-9H,5,10-11H2,2-3H3,(H2,17,18,19)(H,20,21,22). The molecule has 0 atom stereocenters. The number of terminal acetylenes is 1. The molecule has 1 heterocycles. The van der Waals surface area contributed by atoms with E-state index in [2.05, 4.69) is 36.7 Å². The Morgan fingerprint density at radius 2 is 2.13 bits per heavy atom.